The summed E-state index contributed by atoms with van der Waals surface area (Å²) in [6.45, 7) is 0. The molecule has 0 aliphatic carbocycles. The van der Waals surface area contributed by atoms with Crippen molar-refractivity contribution in [1.82, 2.24) is 4.98 Å². The Morgan fingerprint density at radius 1 is 1.23 bits per heavy atom. The molecule has 0 fully saturated rings. The van der Waals surface area contributed by atoms with Crippen molar-refractivity contribution < 1.29 is 9.21 Å². The summed E-state index contributed by atoms with van der Waals surface area (Å²) in [5, 5.41) is 11.3. The second kappa shape index (κ2) is 6.02. The summed E-state index contributed by atoms with van der Waals surface area (Å²) in [5.41, 5.74) is 0.453. The summed E-state index contributed by atoms with van der Waals surface area (Å²) in [7, 11) is 0. The molecule has 22 heavy (non-hydrogen) atoms. The van der Waals surface area contributed by atoms with Gasteiger partial charge in [0.15, 0.2) is 5.58 Å². The molecule has 0 atom stereocenters. The van der Waals surface area contributed by atoms with E-state index in [4.69, 9.17) is 9.83 Å². The number of benzene rings is 1. The number of pyridine rings is 1. The number of hydrogen-bond acceptors (Lipinski definition) is 4. The van der Waals surface area contributed by atoms with Crippen LogP contribution in [0.4, 0.5) is 5.82 Å². The number of halogens is 2. The fourth-order valence-electron chi connectivity index (χ4n) is 1.96. The molecule has 0 unspecified atom stereocenters. The van der Waals surface area contributed by atoms with Gasteiger partial charge in [0.25, 0.3) is 5.91 Å². The van der Waals surface area contributed by atoms with Gasteiger partial charge in [-0.05, 0) is 46.3 Å². The smallest absolute Gasteiger partial charge is 0.262 e. The molecule has 7 heteroatoms. The zero-order valence-electron chi connectivity index (χ0n) is 11.1. The standard InChI is InChI=1S/C15H9Br2N3O2/c16-9-5-8-6-10(14(18)22-13(8)11(17)7-9)15(21)20-12-3-1-2-4-19-12/h1-7,18H,(H,19,20,21). The van der Waals surface area contributed by atoms with Crippen LogP contribution in [0.2, 0.25) is 0 Å². The maximum atomic E-state index is 12.3. The zero-order valence-corrected chi connectivity index (χ0v) is 14.2. The van der Waals surface area contributed by atoms with Crippen LogP contribution >= 0.6 is 31.9 Å². The number of nitrogens with zero attached hydrogens (tertiary/aromatic N) is 1. The Kier molecular flexibility index (Phi) is 4.08. The Labute approximate surface area is 142 Å². The van der Waals surface area contributed by atoms with Crippen molar-refractivity contribution in [2.45, 2.75) is 0 Å². The monoisotopic (exact) mass is 421 g/mol. The first-order chi connectivity index (χ1) is 10.5. The molecule has 0 radical (unpaired) electrons. The maximum Gasteiger partial charge on any atom is 0.262 e. The van der Waals surface area contributed by atoms with E-state index in [1.807, 2.05) is 12.1 Å². The van der Waals surface area contributed by atoms with E-state index in [1.165, 1.54) is 0 Å². The maximum absolute atomic E-state index is 12.3. The van der Waals surface area contributed by atoms with Crippen LogP contribution < -0.4 is 10.9 Å². The number of rotatable bonds is 2. The Morgan fingerprint density at radius 2 is 2.05 bits per heavy atom. The number of anilines is 1. The van der Waals surface area contributed by atoms with Gasteiger partial charge in [-0.3, -0.25) is 10.2 Å². The third-order valence-corrected chi connectivity index (χ3v) is 3.98. The average molecular weight is 423 g/mol. The molecular formula is C15H9Br2N3O2. The Hall–Kier alpha value is -1.99. The minimum atomic E-state index is -0.439. The van der Waals surface area contributed by atoms with Gasteiger partial charge < -0.3 is 9.73 Å². The highest BCUT2D eigenvalue weighted by Gasteiger charge is 2.14. The molecule has 3 aromatic rings. The number of fused-ring (bicyclic) bond motifs is 1. The van der Waals surface area contributed by atoms with Gasteiger partial charge in [0.05, 0.1) is 4.47 Å². The highest BCUT2D eigenvalue weighted by molar-refractivity contribution is 9.11. The van der Waals surface area contributed by atoms with Crippen molar-refractivity contribution in [2.75, 3.05) is 5.32 Å². The van der Waals surface area contributed by atoms with Gasteiger partial charge in [-0.1, -0.05) is 22.0 Å². The molecule has 0 aliphatic heterocycles. The fourth-order valence-corrected chi connectivity index (χ4v) is 3.30. The van der Waals surface area contributed by atoms with E-state index in [9.17, 15) is 4.79 Å². The molecule has 2 heterocycles. The lowest BCUT2D eigenvalue weighted by Crippen LogP contribution is -2.21. The third-order valence-electron chi connectivity index (χ3n) is 2.94. The SMILES string of the molecule is N=c1oc2c(Br)cc(Br)cc2cc1C(=O)Nc1ccccn1. The van der Waals surface area contributed by atoms with E-state index in [1.54, 1.807) is 30.5 Å². The predicted octanol–water partition coefficient (Wildman–Crippen LogP) is 4.08. The number of amides is 1. The lowest BCUT2D eigenvalue weighted by molar-refractivity contribution is 0.102. The lowest BCUT2D eigenvalue weighted by atomic mass is 10.2. The van der Waals surface area contributed by atoms with Crippen LogP contribution in [-0.4, -0.2) is 10.9 Å². The third kappa shape index (κ3) is 2.95. The highest BCUT2D eigenvalue weighted by Crippen LogP contribution is 2.28. The lowest BCUT2D eigenvalue weighted by Gasteiger charge is -2.06. The first-order valence-electron chi connectivity index (χ1n) is 6.24. The van der Waals surface area contributed by atoms with Crippen molar-refractivity contribution in [3.8, 4) is 0 Å². The molecule has 0 spiro atoms. The Balaban J connectivity index is 2.05. The second-order valence-electron chi connectivity index (χ2n) is 4.46. The summed E-state index contributed by atoms with van der Waals surface area (Å²) in [6, 6.07) is 10.5. The molecule has 1 amide bonds. The molecule has 0 bridgehead atoms. The highest BCUT2D eigenvalue weighted by atomic mass is 79.9. The zero-order chi connectivity index (χ0) is 15.7. The second-order valence-corrected chi connectivity index (χ2v) is 6.23. The molecule has 5 nitrogen and oxygen atoms in total. The number of hydrogen-bond donors (Lipinski definition) is 2. The van der Waals surface area contributed by atoms with Crippen LogP contribution in [0.5, 0.6) is 0 Å². The van der Waals surface area contributed by atoms with Crippen molar-refractivity contribution in [1.29, 1.82) is 5.41 Å². The van der Waals surface area contributed by atoms with Gasteiger partial charge in [-0.25, -0.2) is 4.98 Å². The number of carbonyl (C=O) groups excluding carboxylic acids is 1. The Morgan fingerprint density at radius 3 is 2.77 bits per heavy atom. The normalized spacial score (nSPS) is 10.6. The summed E-state index contributed by atoms with van der Waals surface area (Å²) >= 11 is 6.77. The minimum Gasteiger partial charge on any atom is -0.437 e. The molecular weight excluding hydrogens is 414 g/mol. The van der Waals surface area contributed by atoms with Crippen molar-refractivity contribution >= 4 is 54.6 Å². The van der Waals surface area contributed by atoms with E-state index in [-0.39, 0.29) is 11.1 Å². The molecule has 0 saturated heterocycles. The van der Waals surface area contributed by atoms with Crippen LogP contribution in [0.25, 0.3) is 11.0 Å². The van der Waals surface area contributed by atoms with Crippen LogP contribution in [-0.2, 0) is 0 Å². The van der Waals surface area contributed by atoms with Crippen molar-refractivity contribution in [3.63, 3.8) is 0 Å². The topological polar surface area (TPSA) is 79.0 Å². The van der Waals surface area contributed by atoms with Crippen LogP contribution in [0.1, 0.15) is 10.4 Å². The van der Waals surface area contributed by atoms with E-state index in [2.05, 4.69) is 42.2 Å². The van der Waals surface area contributed by atoms with Gasteiger partial charge in [-0.15, -0.1) is 0 Å². The molecule has 0 aliphatic rings. The van der Waals surface area contributed by atoms with E-state index in [0.717, 1.165) is 4.47 Å². The van der Waals surface area contributed by atoms with Gasteiger partial charge in [0.1, 0.15) is 11.4 Å². The Bertz CT molecular complexity index is 923. The largest absolute Gasteiger partial charge is 0.437 e. The van der Waals surface area contributed by atoms with E-state index < -0.39 is 5.91 Å². The van der Waals surface area contributed by atoms with Gasteiger partial charge in [0.2, 0.25) is 5.55 Å². The van der Waals surface area contributed by atoms with E-state index in [0.29, 0.717) is 21.3 Å². The van der Waals surface area contributed by atoms with Crippen molar-refractivity contribution in [2.24, 2.45) is 0 Å². The first-order valence-corrected chi connectivity index (χ1v) is 7.83. The van der Waals surface area contributed by atoms with Crippen LogP contribution in [0.15, 0.2) is 56.0 Å². The molecule has 3 rings (SSSR count). The van der Waals surface area contributed by atoms with Gasteiger partial charge in [-0.2, -0.15) is 0 Å². The van der Waals surface area contributed by atoms with E-state index >= 15 is 0 Å². The fraction of sp³-hybridized carbons (Fsp3) is 0. The number of carbonyl (C=O) groups is 1. The number of nitrogens with one attached hydrogen (secondary N) is 2. The summed E-state index contributed by atoms with van der Waals surface area (Å²) in [6.07, 6.45) is 1.58. The molecule has 2 N–H and O–H groups in total. The van der Waals surface area contributed by atoms with Gasteiger partial charge >= 0.3 is 0 Å². The summed E-state index contributed by atoms with van der Waals surface area (Å²) in [5.74, 6) is -0.0205. The molecule has 2 aromatic heterocycles. The number of aromatic nitrogens is 1. The van der Waals surface area contributed by atoms with Crippen LogP contribution in [0.3, 0.4) is 0 Å². The average Bonchev–Trinajstić information content (AvgIpc) is 2.48. The molecule has 0 saturated carbocycles. The minimum absolute atomic E-state index is 0.142. The first kappa shape index (κ1) is 14.9. The van der Waals surface area contributed by atoms with Crippen LogP contribution in [0, 0.1) is 5.41 Å². The summed E-state index contributed by atoms with van der Waals surface area (Å²) < 4.78 is 7.01. The quantitative estimate of drug-likeness (QED) is 0.652. The molecule has 1 aromatic carbocycles. The summed E-state index contributed by atoms with van der Waals surface area (Å²) in [4.78, 5) is 16.3. The molecule has 110 valence electrons. The predicted molar refractivity (Wildman–Crippen MR) is 89.7 cm³/mol. The van der Waals surface area contributed by atoms with Gasteiger partial charge in [0, 0.05) is 16.1 Å². The van der Waals surface area contributed by atoms with Crippen molar-refractivity contribution in [3.05, 3.63) is 62.7 Å².